The number of piperidine rings is 1. The number of benzene rings is 1. The van der Waals surface area contributed by atoms with E-state index in [1.165, 1.54) is 19.3 Å². The number of rotatable bonds is 6. The highest BCUT2D eigenvalue weighted by atomic mass is 16.5. The van der Waals surface area contributed by atoms with Crippen LogP contribution in [-0.2, 0) is 14.3 Å². The quantitative estimate of drug-likeness (QED) is 0.795. The number of likely N-dealkylation sites (tertiary alicyclic amines) is 1. The smallest absolute Gasteiger partial charge is 0.225 e. The van der Waals surface area contributed by atoms with Crippen LogP contribution in [0.2, 0.25) is 0 Å². The van der Waals surface area contributed by atoms with Gasteiger partial charge in [-0.15, -0.1) is 0 Å². The molecule has 0 unspecified atom stereocenters. The van der Waals surface area contributed by atoms with Crippen molar-refractivity contribution >= 4 is 11.8 Å². The van der Waals surface area contributed by atoms with Crippen LogP contribution in [-0.4, -0.2) is 43.0 Å². The Balaban J connectivity index is 1.87. The molecule has 1 heterocycles. The van der Waals surface area contributed by atoms with E-state index in [1.54, 1.807) is 7.11 Å². The molecule has 1 N–H and O–H groups in total. The summed E-state index contributed by atoms with van der Waals surface area (Å²) in [5.41, 5.74) is 1.07. The molecule has 0 spiro atoms. The summed E-state index contributed by atoms with van der Waals surface area (Å²) in [6, 6.07) is 10.2. The fourth-order valence-electron chi connectivity index (χ4n) is 4.43. The molecule has 0 bridgehead atoms. The lowest BCUT2D eigenvalue weighted by Crippen LogP contribution is -2.52. The molecule has 5 heteroatoms. The van der Waals surface area contributed by atoms with Crippen molar-refractivity contribution < 1.29 is 14.3 Å². The fraction of sp³-hybridized carbons (Fsp3) is 0.619. The Morgan fingerprint density at radius 1 is 1.15 bits per heavy atom. The van der Waals surface area contributed by atoms with Gasteiger partial charge in [-0.2, -0.15) is 0 Å². The van der Waals surface area contributed by atoms with Gasteiger partial charge in [-0.1, -0.05) is 49.6 Å². The molecule has 2 aliphatic rings. The third kappa shape index (κ3) is 4.26. The van der Waals surface area contributed by atoms with E-state index >= 15 is 0 Å². The van der Waals surface area contributed by atoms with Crippen LogP contribution in [0.3, 0.4) is 0 Å². The van der Waals surface area contributed by atoms with Crippen LogP contribution >= 0.6 is 0 Å². The lowest BCUT2D eigenvalue weighted by atomic mass is 9.80. The lowest BCUT2D eigenvalue weighted by molar-refractivity contribution is -0.147. The summed E-state index contributed by atoms with van der Waals surface area (Å²) in [6.45, 7) is 1.00. The second-order valence-electron chi connectivity index (χ2n) is 7.38. The molecule has 2 fully saturated rings. The Morgan fingerprint density at radius 3 is 2.58 bits per heavy atom. The van der Waals surface area contributed by atoms with E-state index in [1.807, 2.05) is 18.2 Å². The van der Waals surface area contributed by atoms with Crippen molar-refractivity contribution in [2.45, 2.75) is 57.0 Å². The van der Waals surface area contributed by atoms with Gasteiger partial charge in [0.2, 0.25) is 11.8 Å². The maximum atomic E-state index is 12.9. The zero-order chi connectivity index (χ0) is 18.4. The average Bonchev–Trinajstić information content (AvgIpc) is 2.69. The molecule has 1 saturated carbocycles. The minimum Gasteiger partial charge on any atom is -0.383 e. The highest BCUT2D eigenvalue weighted by Gasteiger charge is 2.43. The Bertz CT molecular complexity index is 599. The van der Waals surface area contributed by atoms with Crippen molar-refractivity contribution in [3.63, 3.8) is 0 Å². The summed E-state index contributed by atoms with van der Waals surface area (Å²) in [6.07, 6.45) is 6.75. The maximum absolute atomic E-state index is 12.9. The topological polar surface area (TPSA) is 58.6 Å². The zero-order valence-electron chi connectivity index (χ0n) is 15.7. The third-order valence-corrected chi connectivity index (χ3v) is 5.69. The predicted octanol–water partition coefficient (Wildman–Crippen LogP) is 3.06. The van der Waals surface area contributed by atoms with E-state index in [4.69, 9.17) is 4.74 Å². The number of methoxy groups -OCH3 is 1. The van der Waals surface area contributed by atoms with Gasteiger partial charge in [0.1, 0.15) is 0 Å². The average molecular weight is 358 g/mol. The molecule has 1 aliphatic carbocycles. The molecular formula is C21H30N2O3. The summed E-state index contributed by atoms with van der Waals surface area (Å²) in [5, 5.41) is 2.99. The number of hydrogen-bond acceptors (Lipinski definition) is 3. The SMILES string of the molecule is COCCNC(=O)[C@@H]1CCC(=O)N(C2CCCCC2)[C@@H]1c1ccccc1. The molecule has 26 heavy (non-hydrogen) atoms. The first kappa shape index (κ1) is 18.9. The molecule has 1 aromatic rings. The second kappa shape index (κ2) is 9.17. The highest BCUT2D eigenvalue weighted by Crippen LogP contribution is 2.41. The minimum absolute atomic E-state index is 0.0317. The van der Waals surface area contributed by atoms with Gasteiger partial charge in [0.15, 0.2) is 0 Å². The molecule has 5 nitrogen and oxygen atoms in total. The Morgan fingerprint density at radius 2 is 1.88 bits per heavy atom. The second-order valence-corrected chi connectivity index (χ2v) is 7.38. The van der Waals surface area contributed by atoms with Crippen molar-refractivity contribution in [2.75, 3.05) is 20.3 Å². The van der Waals surface area contributed by atoms with Crippen LogP contribution in [0.4, 0.5) is 0 Å². The molecule has 0 radical (unpaired) electrons. The van der Waals surface area contributed by atoms with E-state index in [0.29, 0.717) is 26.0 Å². The number of nitrogens with one attached hydrogen (secondary N) is 1. The third-order valence-electron chi connectivity index (χ3n) is 5.69. The van der Waals surface area contributed by atoms with E-state index < -0.39 is 0 Å². The van der Waals surface area contributed by atoms with Gasteiger partial charge < -0.3 is 15.0 Å². The fourth-order valence-corrected chi connectivity index (χ4v) is 4.43. The van der Waals surface area contributed by atoms with Crippen molar-refractivity contribution in [1.29, 1.82) is 0 Å². The molecule has 0 aromatic heterocycles. The number of hydrogen-bond donors (Lipinski definition) is 1. The normalized spacial score (nSPS) is 24.5. The van der Waals surface area contributed by atoms with Gasteiger partial charge >= 0.3 is 0 Å². The largest absolute Gasteiger partial charge is 0.383 e. The summed E-state index contributed by atoms with van der Waals surface area (Å²) in [5.74, 6) is 0.0322. The van der Waals surface area contributed by atoms with Crippen molar-refractivity contribution in [1.82, 2.24) is 10.2 Å². The molecule has 142 valence electrons. The zero-order valence-corrected chi connectivity index (χ0v) is 15.7. The number of nitrogens with zero attached hydrogens (tertiary/aromatic N) is 1. The van der Waals surface area contributed by atoms with E-state index in [0.717, 1.165) is 18.4 Å². The van der Waals surface area contributed by atoms with Crippen LogP contribution in [0.25, 0.3) is 0 Å². The monoisotopic (exact) mass is 358 g/mol. The van der Waals surface area contributed by atoms with Gasteiger partial charge in [-0.25, -0.2) is 0 Å². The number of carbonyl (C=O) groups is 2. The van der Waals surface area contributed by atoms with Crippen LogP contribution in [0.5, 0.6) is 0 Å². The highest BCUT2D eigenvalue weighted by molar-refractivity contribution is 5.85. The molecular weight excluding hydrogens is 328 g/mol. The van der Waals surface area contributed by atoms with Crippen molar-refractivity contribution in [3.05, 3.63) is 35.9 Å². The molecule has 2 atom stereocenters. The summed E-state index contributed by atoms with van der Waals surface area (Å²) < 4.78 is 5.05. The molecule has 1 aliphatic heterocycles. The number of amides is 2. The lowest BCUT2D eigenvalue weighted by Gasteiger charge is -2.46. The molecule has 1 saturated heterocycles. The Labute approximate surface area is 156 Å². The number of ether oxygens (including phenoxy) is 1. The first-order valence-electron chi connectivity index (χ1n) is 9.85. The van der Waals surface area contributed by atoms with E-state index in [9.17, 15) is 9.59 Å². The van der Waals surface area contributed by atoms with Crippen LogP contribution in [0.15, 0.2) is 30.3 Å². The predicted molar refractivity (Wildman–Crippen MR) is 101 cm³/mol. The van der Waals surface area contributed by atoms with Crippen LogP contribution in [0.1, 0.15) is 56.6 Å². The summed E-state index contributed by atoms with van der Waals surface area (Å²) in [4.78, 5) is 27.8. The first-order valence-corrected chi connectivity index (χ1v) is 9.85. The summed E-state index contributed by atoms with van der Waals surface area (Å²) >= 11 is 0. The van der Waals surface area contributed by atoms with Crippen LogP contribution < -0.4 is 5.32 Å². The van der Waals surface area contributed by atoms with Gasteiger partial charge in [0, 0.05) is 26.1 Å². The van der Waals surface area contributed by atoms with Crippen molar-refractivity contribution in [3.8, 4) is 0 Å². The number of carbonyl (C=O) groups excluding carboxylic acids is 2. The van der Waals surface area contributed by atoms with Crippen molar-refractivity contribution in [2.24, 2.45) is 5.92 Å². The standard InChI is InChI=1S/C21H30N2O3/c1-26-15-14-22-21(25)18-12-13-19(24)23(17-10-6-3-7-11-17)20(18)16-8-4-2-5-9-16/h2,4-5,8-9,17-18,20H,3,6-7,10-15H2,1H3,(H,22,25)/t18-,20-/m1/s1. The van der Waals surface area contributed by atoms with E-state index in [-0.39, 0.29) is 29.8 Å². The summed E-state index contributed by atoms with van der Waals surface area (Å²) in [7, 11) is 1.63. The van der Waals surface area contributed by atoms with Gasteiger partial charge in [0.25, 0.3) is 0 Å². The minimum atomic E-state index is -0.200. The molecule has 1 aromatic carbocycles. The molecule has 3 rings (SSSR count). The van der Waals surface area contributed by atoms with Crippen LogP contribution in [0, 0.1) is 5.92 Å². The molecule has 2 amide bonds. The van der Waals surface area contributed by atoms with Gasteiger partial charge in [-0.05, 0) is 24.8 Å². The maximum Gasteiger partial charge on any atom is 0.225 e. The Hall–Kier alpha value is -1.88. The first-order chi connectivity index (χ1) is 12.7. The van der Waals surface area contributed by atoms with Gasteiger partial charge in [0.05, 0.1) is 18.6 Å². The van der Waals surface area contributed by atoms with Gasteiger partial charge in [-0.3, -0.25) is 9.59 Å². The van der Waals surface area contributed by atoms with E-state index in [2.05, 4.69) is 22.3 Å². The Kier molecular flexibility index (Phi) is 6.67.